The summed E-state index contributed by atoms with van der Waals surface area (Å²) in [5, 5.41) is 4.54. The number of benzene rings is 1. The van der Waals surface area contributed by atoms with Crippen LogP contribution in [0.4, 0.5) is 4.79 Å². The number of carbonyl (C=O) groups excluding carboxylic acids is 1. The van der Waals surface area contributed by atoms with Crippen LogP contribution >= 0.6 is 0 Å². The van der Waals surface area contributed by atoms with E-state index in [1.807, 2.05) is 24.3 Å². The molecule has 1 amide bonds. The maximum absolute atomic E-state index is 11.5. The van der Waals surface area contributed by atoms with Crippen molar-refractivity contribution in [3.8, 4) is 5.75 Å². The maximum Gasteiger partial charge on any atom is 0.409 e. The van der Waals surface area contributed by atoms with E-state index in [0.717, 1.165) is 28.9 Å². The Kier molecular flexibility index (Phi) is 4.43. The molecule has 0 spiro atoms. The summed E-state index contributed by atoms with van der Waals surface area (Å²) in [6.45, 7) is 3.43. The molecule has 0 unspecified atom stereocenters. The van der Waals surface area contributed by atoms with E-state index in [4.69, 9.17) is 13.9 Å². The van der Waals surface area contributed by atoms with Gasteiger partial charge in [-0.25, -0.2) is 4.79 Å². The van der Waals surface area contributed by atoms with Crippen LogP contribution < -0.4 is 10.1 Å². The Hall–Kier alpha value is -2.21. The van der Waals surface area contributed by atoms with Crippen LogP contribution in [0.2, 0.25) is 0 Å². The van der Waals surface area contributed by atoms with Crippen molar-refractivity contribution in [3.63, 3.8) is 0 Å². The van der Waals surface area contributed by atoms with Crippen LogP contribution in [-0.2, 0) is 4.74 Å². The number of furan rings is 1. The van der Waals surface area contributed by atoms with Gasteiger partial charge in [-0.1, -0.05) is 12.1 Å². The van der Waals surface area contributed by atoms with Gasteiger partial charge in [0.05, 0.1) is 20.3 Å². The minimum atomic E-state index is -0.268. The molecule has 1 aliphatic rings. The molecule has 0 aliphatic carbocycles. The highest BCUT2D eigenvalue weighted by atomic mass is 16.5. The molecule has 0 saturated carbocycles. The topological polar surface area (TPSA) is 63.9 Å². The van der Waals surface area contributed by atoms with Gasteiger partial charge in [-0.2, -0.15) is 0 Å². The van der Waals surface area contributed by atoms with Crippen molar-refractivity contribution in [1.82, 2.24) is 10.2 Å². The molecule has 1 saturated heterocycles. The zero-order chi connectivity index (χ0) is 16.4. The van der Waals surface area contributed by atoms with Gasteiger partial charge in [-0.3, -0.25) is 0 Å². The standard InChI is InChI=1S/C17H22N2O4/c1-11(18-13-7-8-19(10-13)17(20)22-3)15-9-12-5-4-6-14(21-2)16(12)23-15/h4-6,9,11,13,18H,7-8,10H2,1-3H3/t11-,13-/m0/s1. The fourth-order valence-corrected chi connectivity index (χ4v) is 3.06. The molecule has 124 valence electrons. The summed E-state index contributed by atoms with van der Waals surface area (Å²) in [5.41, 5.74) is 0.765. The van der Waals surface area contributed by atoms with Crippen molar-refractivity contribution in [1.29, 1.82) is 0 Å². The number of carbonyl (C=O) groups is 1. The number of para-hydroxylation sites is 1. The number of likely N-dealkylation sites (tertiary alicyclic amines) is 1. The molecule has 1 aromatic carbocycles. The summed E-state index contributed by atoms with van der Waals surface area (Å²) in [7, 11) is 3.05. The minimum absolute atomic E-state index is 0.0507. The van der Waals surface area contributed by atoms with Gasteiger partial charge in [0.1, 0.15) is 5.76 Å². The first-order valence-corrected chi connectivity index (χ1v) is 7.77. The van der Waals surface area contributed by atoms with E-state index in [0.29, 0.717) is 13.1 Å². The number of ether oxygens (including phenoxy) is 2. The van der Waals surface area contributed by atoms with Crippen LogP contribution in [0, 0.1) is 0 Å². The third-order valence-corrected chi connectivity index (χ3v) is 4.28. The van der Waals surface area contributed by atoms with Gasteiger partial charge in [0.2, 0.25) is 0 Å². The van der Waals surface area contributed by atoms with Crippen LogP contribution in [0.25, 0.3) is 11.0 Å². The Morgan fingerprint density at radius 3 is 3.00 bits per heavy atom. The van der Waals surface area contributed by atoms with Crippen molar-refractivity contribution in [2.45, 2.75) is 25.4 Å². The Balaban J connectivity index is 1.69. The number of rotatable bonds is 4. The van der Waals surface area contributed by atoms with E-state index in [9.17, 15) is 4.79 Å². The van der Waals surface area contributed by atoms with Gasteiger partial charge in [-0.15, -0.1) is 0 Å². The highest BCUT2D eigenvalue weighted by molar-refractivity contribution is 5.83. The van der Waals surface area contributed by atoms with Crippen LogP contribution in [0.3, 0.4) is 0 Å². The molecule has 2 atom stereocenters. The van der Waals surface area contributed by atoms with Crippen molar-refractivity contribution in [3.05, 3.63) is 30.0 Å². The molecule has 23 heavy (non-hydrogen) atoms. The largest absolute Gasteiger partial charge is 0.493 e. The van der Waals surface area contributed by atoms with Crippen molar-refractivity contribution >= 4 is 17.1 Å². The zero-order valence-electron chi connectivity index (χ0n) is 13.7. The highest BCUT2D eigenvalue weighted by Gasteiger charge is 2.28. The first kappa shape index (κ1) is 15.7. The maximum atomic E-state index is 11.5. The molecule has 6 heteroatoms. The van der Waals surface area contributed by atoms with E-state index in [2.05, 4.69) is 12.2 Å². The van der Waals surface area contributed by atoms with E-state index < -0.39 is 0 Å². The van der Waals surface area contributed by atoms with E-state index in [1.165, 1.54) is 7.11 Å². The summed E-state index contributed by atoms with van der Waals surface area (Å²) >= 11 is 0. The molecule has 0 bridgehead atoms. The van der Waals surface area contributed by atoms with Crippen molar-refractivity contribution in [2.24, 2.45) is 0 Å². The first-order chi connectivity index (χ1) is 11.1. The number of methoxy groups -OCH3 is 2. The fourth-order valence-electron chi connectivity index (χ4n) is 3.06. The average Bonchev–Trinajstić information content (AvgIpc) is 3.20. The van der Waals surface area contributed by atoms with E-state index >= 15 is 0 Å². The average molecular weight is 318 g/mol. The van der Waals surface area contributed by atoms with E-state index in [1.54, 1.807) is 12.0 Å². The van der Waals surface area contributed by atoms with Crippen LogP contribution in [0.5, 0.6) is 5.75 Å². The third-order valence-electron chi connectivity index (χ3n) is 4.28. The predicted molar refractivity (Wildman–Crippen MR) is 86.7 cm³/mol. The number of hydrogen-bond acceptors (Lipinski definition) is 5. The number of hydrogen-bond donors (Lipinski definition) is 1. The van der Waals surface area contributed by atoms with Crippen LogP contribution in [0.1, 0.15) is 25.1 Å². The second kappa shape index (κ2) is 6.50. The molecular weight excluding hydrogens is 296 g/mol. The molecule has 3 rings (SSSR count). The predicted octanol–water partition coefficient (Wildman–Crippen LogP) is 2.93. The molecule has 6 nitrogen and oxygen atoms in total. The van der Waals surface area contributed by atoms with Gasteiger partial charge in [-0.05, 0) is 25.5 Å². The van der Waals surface area contributed by atoms with Gasteiger partial charge in [0, 0.05) is 24.5 Å². The molecule has 1 N–H and O–H groups in total. The second-order valence-electron chi connectivity index (χ2n) is 5.82. The normalized spacial score (nSPS) is 19.1. The molecular formula is C17H22N2O4. The van der Waals surface area contributed by atoms with Crippen LogP contribution in [0.15, 0.2) is 28.7 Å². The molecule has 1 aromatic heterocycles. The Morgan fingerprint density at radius 2 is 2.26 bits per heavy atom. The van der Waals surface area contributed by atoms with Crippen LogP contribution in [-0.4, -0.2) is 44.3 Å². The Labute approximate surface area is 135 Å². The van der Waals surface area contributed by atoms with Gasteiger partial charge in [0.15, 0.2) is 11.3 Å². The SMILES string of the molecule is COC(=O)N1CC[C@H](N[C@@H](C)c2cc3cccc(OC)c3o2)C1. The third kappa shape index (κ3) is 3.12. The lowest BCUT2D eigenvalue weighted by Crippen LogP contribution is -2.36. The van der Waals surface area contributed by atoms with Crippen molar-refractivity contribution < 1.29 is 18.7 Å². The number of fused-ring (bicyclic) bond motifs is 1. The number of nitrogens with one attached hydrogen (secondary N) is 1. The Morgan fingerprint density at radius 1 is 1.43 bits per heavy atom. The second-order valence-corrected chi connectivity index (χ2v) is 5.82. The summed E-state index contributed by atoms with van der Waals surface area (Å²) in [6.07, 6.45) is 0.638. The van der Waals surface area contributed by atoms with Gasteiger partial charge >= 0.3 is 6.09 Å². The number of amides is 1. The fraction of sp³-hybridized carbons (Fsp3) is 0.471. The summed E-state index contributed by atoms with van der Waals surface area (Å²) in [6, 6.07) is 8.16. The molecule has 2 heterocycles. The Bertz CT molecular complexity index is 697. The minimum Gasteiger partial charge on any atom is -0.493 e. The lowest BCUT2D eigenvalue weighted by Gasteiger charge is -2.18. The van der Waals surface area contributed by atoms with Gasteiger partial charge < -0.3 is 24.1 Å². The smallest absolute Gasteiger partial charge is 0.409 e. The summed E-state index contributed by atoms with van der Waals surface area (Å²) in [5.74, 6) is 1.60. The quantitative estimate of drug-likeness (QED) is 0.939. The van der Waals surface area contributed by atoms with Crippen molar-refractivity contribution in [2.75, 3.05) is 27.3 Å². The summed E-state index contributed by atoms with van der Waals surface area (Å²) < 4.78 is 16.1. The molecule has 0 radical (unpaired) electrons. The van der Waals surface area contributed by atoms with E-state index in [-0.39, 0.29) is 18.2 Å². The monoisotopic (exact) mass is 318 g/mol. The number of nitrogens with zero attached hydrogens (tertiary/aromatic N) is 1. The lowest BCUT2D eigenvalue weighted by atomic mass is 10.1. The zero-order valence-corrected chi connectivity index (χ0v) is 13.7. The molecule has 1 fully saturated rings. The molecule has 2 aromatic rings. The molecule has 1 aliphatic heterocycles. The summed E-state index contributed by atoms with van der Waals surface area (Å²) in [4.78, 5) is 13.3. The first-order valence-electron chi connectivity index (χ1n) is 7.77. The lowest BCUT2D eigenvalue weighted by molar-refractivity contribution is 0.132. The highest BCUT2D eigenvalue weighted by Crippen LogP contribution is 2.31. The van der Waals surface area contributed by atoms with Gasteiger partial charge in [0.25, 0.3) is 0 Å².